The fourth-order valence-electron chi connectivity index (χ4n) is 1.86. The topological polar surface area (TPSA) is 114 Å². The minimum Gasteiger partial charge on any atom is -0.360 e. The van der Waals surface area contributed by atoms with Crippen molar-refractivity contribution < 1.29 is 17.7 Å². The Morgan fingerprint density at radius 3 is 2.73 bits per heavy atom. The summed E-state index contributed by atoms with van der Waals surface area (Å²) in [5.74, 6) is -0.261. The van der Waals surface area contributed by atoms with E-state index in [9.17, 15) is 13.2 Å². The molecule has 0 aliphatic heterocycles. The number of nitrogens with zero attached hydrogens (tertiary/aromatic N) is 2. The predicted octanol–water partition coefficient (Wildman–Crippen LogP) is 0.731. The molecular weight excluding hydrogens is 328 g/mol. The molecule has 1 unspecified atom stereocenters. The van der Waals surface area contributed by atoms with Crippen molar-refractivity contribution in [3.05, 3.63) is 28.0 Å². The summed E-state index contributed by atoms with van der Waals surface area (Å²) < 4.78 is 31.7. The zero-order valence-electron chi connectivity index (χ0n) is 12.3. The van der Waals surface area contributed by atoms with Gasteiger partial charge in [0.15, 0.2) is 5.76 Å². The molecule has 0 spiro atoms. The molecule has 10 heteroatoms. The summed E-state index contributed by atoms with van der Waals surface area (Å²) in [5.41, 5.74) is 2.63. The van der Waals surface area contributed by atoms with Crippen LogP contribution in [0.5, 0.6) is 0 Å². The minimum absolute atomic E-state index is 0.0355. The Morgan fingerprint density at radius 2 is 2.18 bits per heavy atom. The normalized spacial score (nSPS) is 13.0. The van der Waals surface area contributed by atoms with Crippen LogP contribution in [0.25, 0.3) is 0 Å². The van der Waals surface area contributed by atoms with Gasteiger partial charge >= 0.3 is 0 Å². The Labute approximate surface area is 132 Å². The van der Waals surface area contributed by atoms with Crippen LogP contribution in [0.2, 0.25) is 0 Å². The van der Waals surface area contributed by atoms with Crippen molar-refractivity contribution in [3.63, 3.8) is 0 Å². The number of carbonyl (C=O) groups excluding carboxylic acids is 1. The molecule has 2 aromatic rings. The monoisotopic (exact) mass is 344 g/mol. The summed E-state index contributed by atoms with van der Waals surface area (Å²) in [5, 5.41) is 8.03. The standard InChI is InChI=1S/C12H16N4O4S2/c1-7-11(9(3)20-15-7)22(18,19)16-8(2)12(17)13-4-10-5-21-6-14-10/h5-6,8,16H,4H2,1-3H3,(H,13,17). The lowest BCUT2D eigenvalue weighted by Crippen LogP contribution is -2.44. The van der Waals surface area contributed by atoms with Crippen LogP contribution in [-0.4, -0.2) is 30.5 Å². The number of aryl methyl sites for hydroxylation is 2. The van der Waals surface area contributed by atoms with Crippen LogP contribution in [0.15, 0.2) is 20.3 Å². The fraction of sp³-hybridized carbons (Fsp3) is 0.417. The van der Waals surface area contributed by atoms with E-state index in [2.05, 4.69) is 20.2 Å². The van der Waals surface area contributed by atoms with E-state index in [1.165, 1.54) is 32.1 Å². The van der Waals surface area contributed by atoms with Crippen molar-refractivity contribution in [3.8, 4) is 0 Å². The van der Waals surface area contributed by atoms with Crippen molar-refractivity contribution in [2.24, 2.45) is 0 Å². The minimum atomic E-state index is -3.88. The van der Waals surface area contributed by atoms with Gasteiger partial charge in [-0.05, 0) is 20.8 Å². The van der Waals surface area contributed by atoms with E-state index in [4.69, 9.17) is 4.52 Å². The lowest BCUT2D eigenvalue weighted by Gasteiger charge is -2.13. The highest BCUT2D eigenvalue weighted by atomic mass is 32.2. The Balaban J connectivity index is 2.01. The molecule has 0 aromatic carbocycles. The maximum atomic E-state index is 12.3. The number of aromatic nitrogens is 2. The van der Waals surface area contributed by atoms with Gasteiger partial charge in [-0.3, -0.25) is 4.79 Å². The summed E-state index contributed by atoms with van der Waals surface area (Å²) in [6, 6.07) is -0.933. The van der Waals surface area contributed by atoms with Crippen molar-refractivity contribution in [2.45, 2.75) is 38.3 Å². The summed E-state index contributed by atoms with van der Waals surface area (Å²) in [6.07, 6.45) is 0. The molecule has 8 nitrogen and oxygen atoms in total. The third-order valence-corrected chi connectivity index (χ3v) is 5.31. The van der Waals surface area contributed by atoms with Gasteiger partial charge in [-0.15, -0.1) is 11.3 Å². The number of carbonyl (C=O) groups is 1. The van der Waals surface area contributed by atoms with E-state index < -0.39 is 22.0 Å². The molecule has 0 aliphatic carbocycles. The number of thiazole rings is 1. The molecule has 0 bridgehead atoms. The van der Waals surface area contributed by atoms with E-state index in [1.54, 1.807) is 10.9 Å². The number of hydrogen-bond donors (Lipinski definition) is 2. The lowest BCUT2D eigenvalue weighted by atomic mass is 10.3. The smallest absolute Gasteiger partial charge is 0.246 e. The number of amides is 1. The Hall–Kier alpha value is -1.78. The second-order valence-electron chi connectivity index (χ2n) is 4.69. The number of hydrogen-bond acceptors (Lipinski definition) is 7. The second-order valence-corrected chi connectivity index (χ2v) is 7.06. The quantitative estimate of drug-likeness (QED) is 0.798. The number of rotatable bonds is 6. The van der Waals surface area contributed by atoms with Gasteiger partial charge in [0, 0.05) is 5.38 Å². The van der Waals surface area contributed by atoms with Crippen LogP contribution in [0, 0.1) is 13.8 Å². The van der Waals surface area contributed by atoms with Crippen LogP contribution < -0.4 is 10.0 Å². The van der Waals surface area contributed by atoms with Gasteiger partial charge in [-0.25, -0.2) is 13.4 Å². The van der Waals surface area contributed by atoms with Gasteiger partial charge in [0.2, 0.25) is 15.9 Å². The first kappa shape index (κ1) is 16.6. The van der Waals surface area contributed by atoms with Gasteiger partial charge in [0.1, 0.15) is 10.6 Å². The third kappa shape index (κ3) is 3.70. The van der Waals surface area contributed by atoms with Gasteiger partial charge < -0.3 is 9.84 Å². The van der Waals surface area contributed by atoms with Crippen molar-refractivity contribution in [1.82, 2.24) is 20.2 Å². The molecule has 120 valence electrons. The van der Waals surface area contributed by atoms with E-state index in [0.29, 0.717) is 0 Å². The molecular formula is C12H16N4O4S2. The third-order valence-electron chi connectivity index (χ3n) is 2.89. The van der Waals surface area contributed by atoms with Crippen molar-refractivity contribution in [1.29, 1.82) is 0 Å². The maximum absolute atomic E-state index is 12.3. The Bertz CT molecular complexity index is 733. The second kappa shape index (κ2) is 6.55. The molecule has 2 heterocycles. The molecule has 1 atom stereocenters. The SMILES string of the molecule is Cc1noc(C)c1S(=O)(=O)NC(C)C(=O)NCc1cscn1. The van der Waals surface area contributed by atoms with Crippen molar-refractivity contribution in [2.75, 3.05) is 0 Å². The summed E-state index contributed by atoms with van der Waals surface area (Å²) >= 11 is 1.42. The van der Waals surface area contributed by atoms with Gasteiger partial charge in [-0.1, -0.05) is 5.16 Å². The molecule has 0 saturated heterocycles. The largest absolute Gasteiger partial charge is 0.360 e. The molecule has 0 aliphatic rings. The first-order valence-electron chi connectivity index (χ1n) is 6.41. The van der Waals surface area contributed by atoms with E-state index in [-0.39, 0.29) is 22.9 Å². The maximum Gasteiger partial charge on any atom is 0.246 e. The molecule has 0 fully saturated rings. The van der Waals surface area contributed by atoms with E-state index in [1.807, 2.05) is 0 Å². The van der Waals surface area contributed by atoms with Crippen LogP contribution in [0.3, 0.4) is 0 Å². The zero-order chi connectivity index (χ0) is 16.3. The molecule has 2 rings (SSSR count). The predicted molar refractivity (Wildman–Crippen MR) is 79.7 cm³/mol. The van der Waals surface area contributed by atoms with E-state index >= 15 is 0 Å². The zero-order valence-corrected chi connectivity index (χ0v) is 13.9. The van der Waals surface area contributed by atoms with Gasteiger partial charge in [-0.2, -0.15) is 4.72 Å². The van der Waals surface area contributed by atoms with E-state index in [0.717, 1.165) is 5.69 Å². The summed E-state index contributed by atoms with van der Waals surface area (Å²) in [7, 11) is -3.88. The van der Waals surface area contributed by atoms with Gasteiger partial charge in [0.25, 0.3) is 0 Å². The number of nitrogens with one attached hydrogen (secondary N) is 2. The number of sulfonamides is 1. The van der Waals surface area contributed by atoms with Crippen molar-refractivity contribution >= 4 is 27.3 Å². The van der Waals surface area contributed by atoms with Crippen LogP contribution in [0.1, 0.15) is 24.1 Å². The highest BCUT2D eigenvalue weighted by Crippen LogP contribution is 2.18. The van der Waals surface area contributed by atoms with Crippen LogP contribution >= 0.6 is 11.3 Å². The molecule has 22 heavy (non-hydrogen) atoms. The van der Waals surface area contributed by atoms with Gasteiger partial charge in [0.05, 0.1) is 23.8 Å². The van der Waals surface area contributed by atoms with Crippen LogP contribution in [0.4, 0.5) is 0 Å². The summed E-state index contributed by atoms with van der Waals surface area (Å²) in [6.45, 7) is 4.74. The lowest BCUT2D eigenvalue weighted by molar-refractivity contribution is -0.122. The molecule has 2 aromatic heterocycles. The fourth-order valence-corrected chi connectivity index (χ4v) is 3.95. The molecule has 2 N–H and O–H groups in total. The average Bonchev–Trinajstić information content (AvgIpc) is 3.05. The summed E-state index contributed by atoms with van der Waals surface area (Å²) in [4.78, 5) is 15.9. The molecule has 0 radical (unpaired) electrons. The average molecular weight is 344 g/mol. The van der Waals surface area contributed by atoms with Crippen LogP contribution in [-0.2, 0) is 21.4 Å². The molecule has 0 saturated carbocycles. The first-order valence-corrected chi connectivity index (χ1v) is 8.84. The first-order chi connectivity index (χ1) is 10.3. The highest BCUT2D eigenvalue weighted by molar-refractivity contribution is 7.89. The Kier molecular flexibility index (Phi) is 4.94. The Morgan fingerprint density at radius 1 is 1.45 bits per heavy atom. The molecule has 1 amide bonds. The highest BCUT2D eigenvalue weighted by Gasteiger charge is 2.28.